The molecule has 0 aromatic carbocycles. The summed E-state index contributed by atoms with van der Waals surface area (Å²) < 4.78 is 4.63. The molecule has 1 aliphatic heterocycles. The molecule has 1 aliphatic rings. The van der Waals surface area contributed by atoms with E-state index in [0.29, 0.717) is 11.7 Å². The molecule has 2 heterocycles. The van der Waals surface area contributed by atoms with E-state index in [2.05, 4.69) is 24.9 Å². The van der Waals surface area contributed by atoms with E-state index in [0.717, 1.165) is 30.2 Å². The van der Waals surface area contributed by atoms with Gasteiger partial charge >= 0.3 is 6.09 Å². The Morgan fingerprint density at radius 2 is 2.19 bits per heavy atom. The molecule has 6 nitrogen and oxygen atoms in total. The molecule has 7 heteroatoms. The maximum Gasteiger partial charge on any atom is 0.407 e. The van der Waals surface area contributed by atoms with Gasteiger partial charge in [-0.3, -0.25) is 0 Å². The molecule has 2 rings (SSSR count). The maximum absolute atomic E-state index is 11.3. The summed E-state index contributed by atoms with van der Waals surface area (Å²) in [5.74, 6) is 1.81. The molecule has 1 aromatic rings. The van der Waals surface area contributed by atoms with Gasteiger partial charge in [-0.2, -0.15) is 0 Å². The minimum absolute atomic E-state index is 0.0630. The Balaban J connectivity index is 2.17. The second-order valence-electron chi connectivity index (χ2n) is 5.54. The molecule has 0 bridgehead atoms. The monoisotopic (exact) mass is 312 g/mol. The Hall–Kier alpha value is -1.56. The summed E-state index contributed by atoms with van der Waals surface area (Å²) in [5.41, 5.74) is 0.875. The molecule has 0 radical (unpaired) electrons. The van der Waals surface area contributed by atoms with Gasteiger partial charge in [-0.25, -0.2) is 14.8 Å². The van der Waals surface area contributed by atoms with Crippen LogP contribution in [0.1, 0.15) is 37.6 Å². The number of halogens is 1. The van der Waals surface area contributed by atoms with Crippen molar-refractivity contribution in [1.29, 1.82) is 0 Å². The highest BCUT2D eigenvalue weighted by Gasteiger charge is 2.27. The molecule has 1 amide bonds. The molecule has 1 fully saturated rings. The third-order valence-electron chi connectivity index (χ3n) is 3.59. The second kappa shape index (κ2) is 6.47. The van der Waals surface area contributed by atoms with Crippen molar-refractivity contribution in [3.8, 4) is 0 Å². The van der Waals surface area contributed by atoms with Gasteiger partial charge in [-0.15, -0.1) is 0 Å². The molecule has 1 atom stereocenters. The van der Waals surface area contributed by atoms with Crippen LogP contribution < -0.4 is 10.2 Å². The van der Waals surface area contributed by atoms with Crippen LogP contribution in [0.3, 0.4) is 0 Å². The number of aromatic nitrogens is 2. The topological polar surface area (TPSA) is 67.3 Å². The average Bonchev–Trinajstić information content (AvgIpc) is 2.89. The molecular formula is C14H21ClN4O2. The first-order chi connectivity index (χ1) is 9.92. The Morgan fingerprint density at radius 3 is 2.81 bits per heavy atom. The Morgan fingerprint density at radius 1 is 1.48 bits per heavy atom. The smallest absolute Gasteiger partial charge is 0.407 e. The predicted molar refractivity (Wildman–Crippen MR) is 82.0 cm³/mol. The Labute approximate surface area is 129 Å². The molecule has 0 spiro atoms. The van der Waals surface area contributed by atoms with Crippen molar-refractivity contribution >= 4 is 23.5 Å². The fourth-order valence-corrected chi connectivity index (χ4v) is 2.53. The van der Waals surface area contributed by atoms with Crippen molar-refractivity contribution in [3.63, 3.8) is 0 Å². The van der Waals surface area contributed by atoms with Crippen molar-refractivity contribution in [2.75, 3.05) is 25.1 Å². The van der Waals surface area contributed by atoms with Gasteiger partial charge in [0.2, 0.25) is 0 Å². The van der Waals surface area contributed by atoms with Crippen molar-refractivity contribution in [3.05, 3.63) is 16.5 Å². The predicted octanol–water partition coefficient (Wildman–Crippen LogP) is 2.50. The van der Waals surface area contributed by atoms with Crippen molar-refractivity contribution in [2.45, 2.75) is 39.2 Å². The number of nitrogens with zero attached hydrogens (tertiary/aromatic N) is 3. The fraction of sp³-hybridized carbons (Fsp3) is 0.643. The van der Waals surface area contributed by atoms with E-state index >= 15 is 0 Å². The van der Waals surface area contributed by atoms with Gasteiger partial charge in [0.05, 0.1) is 13.2 Å². The van der Waals surface area contributed by atoms with Crippen LogP contribution >= 0.6 is 11.6 Å². The van der Waals surface area contributed by atoms with Crippen LogP contribution in [0.15, 0.2) is 0 Å². The number of rotatable bonds is 3. The fourth-order valence-electron chi connectivity index (χ4n) is 2.36. The summed E-state index contributed by atoms with van der Waals surface area (Å²) in [7, 11) is 1.37. The zero-order valence-corrected chi connectivity index (χ0v) is 13.6. The molecule has 116 valence electrons. The van der Waals surface area contributed by atoms with Crippen LogP contribution in [0.4, 0.5) is 10.6 Å². The SMILES string of the molecule is COC(=O)NC1CCN(c2nc(C(C)C)nc(Cl)c2C)C1. The number of anilines is 1. The van der Waals surface area contributed by atoms with E-state index in [4.69, 9.17) is 11.6 Å². The normalized spacial score (nSPS) is 18.2. The first kappa shape index (κ1) is 15.8. The summed E-state index contributed by atoms with van der Waals surface area (Å²) in [4.78, 5) is 22.4. The molecular weight excluding hydrogens is 292 g/mol. The van der Waals surface area contributed by atoms with Crippen molar-refractivity contribution < 1.29 is 9.53 Å². The van der Waals surface area contributed by atoms with E-state index in [-0.39, 0.29) is 12.0 Å². The minimum atomic E-state index is -0.401. The lowest BCUT2D eigenvalue weighted by Crippen LogP contribution is -2.37. The summed E-state index contributed by atoms with van der Waals surface area (Å²) in [6.07, 6.45) is 0.454. The average molecular weight is 313 g/mol. The lowest BCUT2D eigenvalue weighted by atomic mass is 10.2. The molecule has 1 saturated heterocycles. The van der Waals surface area contributed by atoms with Crippen LogP contribution in [0.5, 0.6) is 0 Å². The molecule has 1 aromatic heterocycles. The van der Waals surface area contributed by atoms with Crippen LogP contribution in [0.25, 0.3) is 0 Å². The van der Waals surface area contributed by atoms with Crippen molar-refractivity contribution in [2.24, 2.45) is 0 Å². The second-order valence-corrected chi connectivity index (χ2v) is 5.90. The third kappa shape index (κ3) is 3.56. The number of amides is 1. The van der Waals surface area contributed by atoms with Gasteiger partial charge in [0.15, 0.2) is 0 Å². The first-order valence-electron chi connectivity index (χ1n) is 7.05. The summed E-state index contributed by atoms with van der Waals surface area (Å²) in [6, 6.07) is 0.0630. The first-order valence-corrected chi connectivity index (χ1v) is 7.43. The summed E-state index contributed by atoms with van der Waals surface area (Å²) in [5, 5.41) is 3.31. The third-order valence-corrected chi connectivity index (χ3v) is 3.96. The Bertz CT molecular complexity index is 536. The van der Waals surface area contributed by atoms with Gasteiger partial charge in [0.25, 0.3) is 0 Å². The number of carbonyl (C=O) groups excluding carboxylic acids is 1. The van der Waals surface area contributed by atoms with Crippen molar-refractivity contribution in [1.82, 2.24) is 15.3 Å². The maximum atomic E-state index is 11.3. The molecule has 1 N–H and O–H groups in total. The van der Waals surface area contributed by atoms with E-state index < -0.39 is 6.09 Å². The van der Waals surface area contributed by atoms with E-state index in [9.17, 15) is 4.79 Å². The van der Waals surface area contributed by atoms with Crippen LogP contribution in [-0.2, 0) is 4.74 Å². The largest absolute Gasteiger partial charge is 0.453 e. The molecule has 0 saturated carbocycles. The van der Waals surface area contributed by atoms with Crippen LogP contribution in [0.2, 0.25) is 5.15 Å². The standard InChI is InChI=1S/C14H21ClN4O2/c1-8(2)12-17-11(15)9(3)13(18-12)19-6-5-10(7-19)16-14(20)21-4/h8,10H,5-7H2,1-4H3,(H,16,20). The molecule has 1 unspecified atom stereocenters. The number of nitrogens with one attached hydrogen (secondary N) is 1. The van der Waals surface area contributed by atoms with Gasteiger partial charge in [-0.05, 0) is 13.3 Å². The Kier molecular flexibility index (Phi) is 4.88. The number of alkyl carbamates (subject to hydrolysis) is 1. The van der Waals surface area contributed by atoms with E-state index in [1.165, 1.54) is 7.11 Å². The lowest BCUT2D eigenvalue weighted by Gasteiger charge is -2.21. The minimum Gasteiger partial charge on any atom is -0.453 e. The van der Waals surface area contributed by atoms with Crippen LogP contribution in [-0.4, -0.2) is 42.3 Å². The van der Waals surface area contributed by atoms with Crippen LogP contribution in [0, 0.1) is 6.92 Å². The number of ether oxygens (including phenoxy) is 1. The summed E-state index contributed by atoms with van der Waals surface area (Å²) >= 11 is 6.22. The van der Waals surface area contributed by atoms with Gasteiger partial charge in [0, 0.05) is 24.6 Å². The number of hydrogen-bond donors (Lipinski definition) is 1. The zero-order valence-electron chi connectivity index (χ0n) is 12.8. The highest BCUT2D eigenvalue weighted by molar-refractivity contribution is 6.30. The number of hydrogen-bond acceptors (Lipinski definition) is 5. The van der Waals surface area contributed by atoms with E-state index in [1.54, 1.807) is 0 Å². The van der Waals surface area contributed by atoms with Gasteiger partial charge < -0.3 is 15.0 Å². The quantitative estimate of drug-likeness (QED) is 0.869. The van der Waals surface area contributed by atoms with E-state index in [1.807, 2.05) is 20.8 Å². The number of methoxy groups -OCH3 is 1. The zero-order chi connectivity index (χ0) is 15.6. The lowest BCUT2D eigenvalue weighted by molar-refractivity contribution is 0.167. The molecule has 0 aliphatic carbocycles. The highest BCUT2D eigenvalue weighted by atomic mass is 35.5. The van der Waals surface area contributed by atoms with Gasteiger partial charge in [0.1, 0.15) is 16.8 Å². The number of carbonyl (C=O) groups is 1. The molecule has 21 heavy (non-hydrogen) atoms. The summed E-state index contributed by atoms with van der Waals surface area (Å²) in [6.45, 7) is 7.51. The van der Waals surface area contributed by atoms with Gasteiger partial charge in [-0.1, -0.05) is 25.4 Å². The highest BCUT2D eigenvalue weighted by Crippen LogP contribution is 2.28.